The van der Waals surface area contributed by atoms with Crippen LogP contribution < -0.4 is 10.6 Å². The van der Waals surface area contributed by atoms with Gasteiger partial charge in [0.25, 0.3) is 0 Å². The highest BCUT2D eigenvalue weighted by Crippen LogP contribution is 2.25. The van der Waals surface area contributed by atoms with E-state index in [0.717, 1.165) is 22.3 Å². The molecule has 2 aromatic carbocycles. The van der Waals surface area contributed by atoms with Gasteiger partial charge < -0.3 is 20.3 Å². The third-order valence-corrected chi connectivity index (χ3v) is 6.58. The van der Waals surface area contributed by atoms with Crippen molar-refractivity contribution in [3.63, 3.8) is 0 Å². The van der Waals surface area contributed by atoms with Crippen LogP contribution in [0.3, 0.4) is 0 Å². The monoisotopic (exact) mass is 527 g/mol. The summed E-state index contributed by atoms with van der Waals surface area (Å²) in [7, 11) is 0. The minimum Gasteiger partial charge on any atom is -0.444 e. The summed E-state index contributed by atoms with van der Waals surface area (Å²) < 4.78 is 5.41. The normalized spacial score (nSPS) is 12.8. The maximum Gasteiger partial charge on any atom is 0.408 e. The number of carbonyl (C=O) groups excluding carboxylic acids is 3. The number of alkyl carbamates (subject to hydrolysis) is 1. The predicted molar refractivity (Wildman–Crippen MR) is 150 cm³/mol. The Morgan fingerprint density at radius 1 is 1.03 bits per heavy atom. The number of hydrogen-bond donors (Lipinski definition) is 2. The van der Waals surface area contributed by atoms with Crippen molar-refractivity contribution >= 4 is 29.7 Å². The van der Waals surface area contributed by atoms with Gasteiger partial charge in [0.05, 0.1) is 0 Å². The van der Waals surface area contributed by atoms with Crippen LogP contribution in [0.25, 0.3) is 0 Å². The number of hydrogen-bond acceptors (Lipinski definition) is 5. The molecule has 7 nitrogen and oxygen atoms in total. The molecular weight excluding hydrogens is 486 g/mol. The van der Waals surface area contributed by atoms with E-state index in [9.17, 15) is 14.4 Å². The summed E-state index contributed by atoms with van der Waals surface area (Å²) in [6.07, 6.45) is 1.71. The van der Waals surface area contributed by atoms with E-state index in [1.165, 1.54) is 0 Å². The lowest BCUT2D eigenvalue weighted by Gasteiger charge is -2.34. The highest BCUT2D eigenvalue weighted by atomic mass is 32.2. The molecule has 0 saturated carbocycles. The van der Waals surface area contributed by atoms with Crippen molar-refractivity contribution in [2.45, 2.75) is 72.2 Å². The van der Waals surface area contributed by atoms with Gasteiger partial charge in [-0.3, -0.25) is 9.59 Å². The second-order valence-electron chi connectivity index (χ2n) is 10.1. The van der Waals surface area contributed by atoms with Crippen molar-refractivity contribution in [1.82, 2.24) is 15.5 Å². The molecule has 2 unspecified atom stereocenters. The first-order valence-corrected chi connectivity index (χ1v) is 14.0. The van der Waals surface area contributed by atoms with Crippen LogP contribution in [0, 0.1) is 13.8 Å². The van der Waals surface area contributed by atoms with Gasteiger partial charge in [0.1, 0.15) is 17.7 Å². The fraction of sp³-hybridized carbons (Fsp3) is 0.483. The molecule has 8 heteroatoms. The third-order valence-electron chi connectivity index (χ3n) is 5.94. The lowest BCUT2D eigenvalue weighted by atomic mass is 9.98. The zero-order valence-electron chi connectivity index (χ0n) is 23.1. The van der Waals surface area contributed by atoms with Crippen LogP contribution in [0.4, 0.5) is 4.79 Å². The third kappa shape index (κ3) is 9.43. The van der Waals surface area contributed by atoms with E-state index in [1.54, 1.807) is 37.4 Å². The smallest absolute Gasteiger partial charge is 0.408 e. The van der Waals surface area contributed by atoms with E-state index in [0.29, 0.717) is 25.3 Å². The van der Waals surface area contributed by atoms with Crippen molar-refractivity contribution in [2.75, 3.05) is 18.6 Å². The maximum atomic E-state index is 13.9. The van der Waals surface area contributed by atoms with Crippen molar-refractivity contribution in [3.8, 4) is 0 Å². The number of carbonyl (C=O) groups is 3. The summed E-state index contributed by atoms with van der Waals surface area (Å²) in [5, 5.41) is 5.76. The van der Waals surface area contributed by atoms with Gasteiger partial charge >= 0.3 is 6.09 Å². The highest BCUT2D eigenvalue weighted by Gasteiger charge is 2.35. The SMILES string of the molecule is CCN(C(=O)C(CCSC)NC(=O)OC(C)(C)C)C(C(=O)NCc1ccccc1)c1ccc(C)c(C)c1. The van der Waals surface area contributed by atoms with Crippen LogP contribution >= 0.6 is 11.8 Å². The summed E-state index contributed by atoms with van der Waals surface area (Å²) in [5.41, 5.74) is 3.14. The number of aryl methyl sites for hydroxylation is 2. The second-order valence-corrected chi connectivity index (χ2v) is 11.0. The zero-order chi connectivity index (χ0) is 27.6. The largest absolute Gasteiger partial charge is 0.444 e. The Hall–Kier alpha value is -3.00. The molecule has 2 atom stereocenters. The number of nitrogens with one attached hydrogen (secondary N) is 2. The number of benzene rings is 2. The van der Waals surface area contributed by atoms with Crippen LogP contribution in [0.15, 0.2) is 48.5 Å². The van der Waals surface area contributed by atoms with Crippen LogP contribution in [-0.4, -0.2) is 53.0 Å². The molecule has 0 radical (unpaired) electrons. The molecule has 2 N–H and O–H groups in total. The Kier molecular flexibility index (Phi) is 11.5. The van der Waals surface area contributed by atoms with E-state index >= 15 is 0 Å². The first-order chi connectivity index (χ1) is 17.5. The lowest BCUT2D eigenvalue weighted by molar-refractivity contribution is -0.142. The minimum atomic E-state index is -0.849. The molecule has 3 amide bonds. The van der Waals surface area contributed by atoms with Gasteiger partial charge in [-0.25, -0.2) is 4.79 Å². The number of thioether (sulfide) groups is 1. The first kappa shape index (κ1) is 30.2. The van der Waals surface area contributed by atoms with Crippen molar-refractivity contribution in [2.24, 2.45) is 0 Å². The van der Waals surface area contributed by atoms with E-state index in [4.69, 9.17) is 4.74 Å². The molecule has 202 valence electrons. The molecule has 2 rings (SSSR count). The zero-order valence-corrected chi connectivity index (χ0v) is 23.9. The van der Waals surface area contributed by atoms with Gasteiger partial charge in [0, 0.05) is 13.1 Å². The predicted octanol–water partition coefficient (Wildman–Crippen LogP) is 5.16. The fourth-order valence-electron chi connectivity index (χ4n) is 3.90. The Morgan fingerprint density at radius 3 is 2.27 bits per heavy atom. The molecule has 0 saturated heterocycles. The molecule has 0 heterocycles. The summed E-state index contributed by atoms with van der Waals surface area (Å²) in [6.45, 7) is 11.8. The van der Waals surface area contributed by atoms with E-state index in [2.05, 4.69) is 10.6 Å². The van der Waals surface area contributed by atoms with Crippen LogP contribution in [0.2, 0.25) is 0 Å². The number of amides is 3. The first-order valence-electron chi connectivity index (χ1n) is 12.6. The molecule has 0 aliphatic carbocycles. The maximum absolute atomic E-state index is 13.9. The fourth-order valence-corrected chi connectivity index (χ4v) is 4.37. The lowest BCUT2D eigenvalue weighted by Crippen LogP contribution is -2.53. The van der Waals surface area contributed by atoms with Gasteiger partial charge in [-0.2, -0.15) is 11.8 Å². The van der Waals surface area contributed by atoms with Gasteiger partial charge in [-0.1, -0.05) is 48.5 Å². The number of likely N-dealkylation sites (N-methyl/N-ethyl adjacent to an activating group) is 1. The van der Waals surface area contributed by atoms with E-state index in [1.807, 2.05) is 75.6 Å². The quantitative estimate of drug-likeness (QED) is 0.422. The van der Waals surface area contributed by atoms with Crippen molar-refractivity contribution in [1.29, 1.82) is 0 Å². The summed E-state index contributed by atoms with van der Waals surface area (Å²) in [6, 6.07) is 13.8. The second kappa shape index (κ2) is 14.1. The van der Waals surface area contributed by atoms with Gasteiger partial charge in [-0.15, -0.1) is 0 Å². The molecule has 0 aromatic heterocycles. The Bertz CT molecular complexity index is 1050. The number of ether oxygens (including phenoxy) is 1. The van der Waals surface area contributed by atoms with Crippen LogP contribution in [-0.2, 0) is 20.9 Å². The Morgan fingerprint density at radius 2 is 1.70 bits per heavy atom. The number of nitrogens with zero attached hydrogens (tertiary/aromatic N) is 1. The molecule has 0 aliphatic rings. The molecule has 0 spiro atoms. The average Bonchev–Trinajstić information content (AvgIpc) is 2.84. The average molecular weight is 528 g/mol. The molecule has 0 fully saturated rings. The molecular formula is C29H41N3O4S. The van der Waals surface area contributed by atoms with Crippen molar-refractivity contribution < 1.29 is 19.1 Å². The minimum absolute atomic E-state index is 0.275. The molecule has 0 bridgehead atoms. The summed E-state index contributed by atoms with van der Waals surface area (Å²) in [5.74, 6) is 0.0711. The topological polar surface area (TPSA) is 87.7 Å². The van der Waals surface area contributed by atoms with Crippen molar-refractivity contribution in [3.05, 3.63) is 70.8 Å². The van der Waals surface area contributed by atoms with Gasteiger partial charge in [-0.05, 0) is 82.2 Å². The Balaban J connectivity index is 2.39. The van der Waals surface area contributed by atoms with Gasteiger partial charge in [0.2, 0.25) is 11.8 Å². The molecule has 0 aliphatic heterocycles. The summed E-state index contributed by atoms with van der Waals surface area (Å²) >= 11 is 1.59. The summed E-state index contributed by atoms with van der Waals surface area (Å²) in [4.78, 5) is 41.7. The highest BCUT2D eigenvalue weighted by molar-refractivity contribution is 7.98. The Labute approximate surface area is 225 Å². The molecule has 37 heavy (non-hydrogen) atoms. The van der Waals surface area contributed by atoms with E-state index < -0.39 is 23.8 Å². The standard InChI is InChI=1S/C29H41N3O4S/c1-8-32(27(34)24(16-17-37-7)31-28(35)36-29(4,5)6)25(23-15-14-20(2)21(3)18-23)26(33)30-19-22-12-10-9-11-13-22/h9-15,18,24-25H,8,16-17,19H2,1-7H3,(H,30,33)(H,31,35). The number of rotatable bonds is 11. The molecule has 2 aromatic rings. The van der Waals surface area contributed by atoms with Gasteiger partial charge in [0.15, 0.2) is 0 Å². The van der Waals surface area contributed by atoms with E-state index in [-0.39, 0.29) is 11.8 Å². The van der Waals surface area contributed by atoms with Crippen LogP contribution in [0.5, 0.6) is 0 Å². The van der Waals surface area contributed by atoms with Crippen LogP contribution in [0.1, 0.15) is 62.4 Å².